The summed E-state index contributed by atoms with van der Waals surface area (Å²) in [5.74, 6) is 0.948. The fraction of sp³-hybridized carbons (Fsp3) is 0.393. The number of ether oxygens (including phenoxy) is 1. The predicted octanol–water partition coefficient (Wildman–Crippen LogP) is 5.94. The van der Waals surface area contributed by atoms with Gasteiger partial charge in [0.1, 0.15) is 12.4 Å². The number of piperidine rings is 1. The Morgan fingerprint density at radius 2 is 1.70 bits per heavy atom. The lowest BCUT2D eigenvalue weighted by Crippen LogP contribution is -2.45. The molecule has 33 heavy (non-hydrogen) atoms. The van der Waals surface area contributed by atoms with E-state index in [4.69, 9.17) is 16.3 Å². The van der Waals surface area contributed by atoms with E-state index in [0.29, 0.717) is 0 Å². The number of halogens is 1. The number of hydrogen-bond donors (Lipinski definition) is 0. The Morgan fingerprint density at radius 1 is 1.00 bits per heavy atom. The quantitative estimate of drug-likeness (QED) is 0.392. The number of nitrogens with zero attached hydrogens (tertiary/aromatic N) is 3. The molecule has 1 aromatic heterocycles. The third-order valence-electron chi connectivity index (χ3n) is 6.71. The highest BCUT2D eigenvalue weighted by Gasteiger charge is 2.33. The molecule has 2 heterocycles. The molecule has 0 spiro atoms. The minimum absolute atomic E-state index is 0.109. The molecule has 1 fully saturated rings. The lowest BCUT2D eigenvalue weighted by atomic mass is 9.79. The zero-order valence-corrected chi connectivity index (χ0v) is 20.4. The van der Waals surface area contributed by atoms with Gasteiger partial charge in [-0.1, -0.05) is 54.9 Å². The lowest BCUT2D eigenvalue weighted by Gasteiger charge is -2.43. The van der Waals surface area contributed by atoms with Crippen LogP contribution in [0.4, 0.5) is 0 Å². The normalized spacial score (nSPS) is 17.1. The third kappa shape index (κ3) is 6.57. The Bertz CT molecular complexity index is 973. The zero-order valence-electron chi connectivity index (χ0n) is 19.7. The number of benzene rings is 2. The Hall–Kier alpha value is -2.40. The first-order valence-electron chi connectivity index (χ1n) is 11.8. The highest BCUT2D eigenvalue weighted by atomic mass is 35.5. The molecular weight excluding hydrogens is 430 g/mol. The number of para-hydroxylation sites is 1. The summed E-state index contributed by atoms with van der Waals surface area (Å²) in [5, 5.41) is 0.761. The maximum Gasteiger partial charge on any atom is 0.119 e. The van der Waals surface area contributed by atoms with Crippen LogP contribution in [-0.2, 0) is 0 Å². The van der Waals surface area contributed by atoms with Crippen LogP contribution in [-0.4, -0.2) is 54.6 Å². The Balaban J connectivity index is 1.35. The number of likely N-dealkylation sites (tertiary alicyclic amines) is 1. The summed E-state index contributed by atoms with van der Waals surface area (Å²) >= 11 is 6.16. The van der Waals surface area contributed by atoms with E-state index < -0.39 is 0 Å². The molecular formula is C28H34ClN3O. The molecule has 1 aliphatic heterocycles. The molecule has 0 unspecified atom stereocenters. The highest BCUT2D eigenvalue weighted by Crippen LogP contribution is 2.35. The van der Waals surface area contributed by atoms with E-state index in [9.17, 15) is 0 Å². The van der Waals surface area contributed by atoms with Crippen LogP contribution in [0.15, 0.2) is 79.0 Å². The number of hydrogen-bond acceptors (Lipinski definition) is 4. The molecule has 1 aliphatic rings. The molecule has 1 atom stereocenters. The summed E-state index contributed by atoms with van der Waals surface area (Å²) in [5.41, 5.74) is 2.56. The zero-order chi connectivity index (χ0) is 23.1. The third-order valence-corrected chi connectivity index (χ3v) is 6.96. The standard InChI is InChI=1S/C28H34ClN3O/c1-28(15-18-32(19-16-28)20-21-33-25-8-4-3-5-9-25)22-31(2)27(26-10-6-7-17-30-26)23-11-13-24(29)14-12-23/h3-14,17,27H,15-16,18-22H2,1-2H3/t27-/m1/s1. The van der Waals surface area contributed by atoms with Gasteiger partial charge in [-0.05, 0) is 80.4 Å². The summed E-state index contributed by atoms with van der Waals surface area (Å²) in [4.78, 5) is 9.67. The van der Waals surface area contributed by atoms with Gasteiger partial charge in [-0.2, -0.15) is 0 Å². The van der Waals surface area contributed by atoms with Gasteiger partial charge in [0.2, 0.25) is 0 Å². The van der Waals surface area contributed by atoms with Crippen LogP contribution >= 0.6 is 11.6 Å². The first-order chi connectivity index (χ1) is 16.0. The molecule has 0 amide bonds. The Kier molecular flexibility index (Phi) is 8.02. The lowest BCUT2D eigenvalue weighted by molar-refractivity contribution is 0.0675. The minimum atomic E-state index is 0.109. The second kappa shape index (κ2) is 11.1. The van der Waals surface area contributed by atoms with Gasteiger partial charge in [-0.15, -0.1) is 0 Å². The molecule has 0 saturated carbocycles. The van der Waals surface area contributed by atoms with E-state index in [1.54, 1.807) is 0 Å². The summed E-state index contributed by atoms with van der Waals surface area (Å²) in [6.07, 6.45) is 4.24. The van der Waals surface area contributed by atoms with E-state index in [-0.39, 0.29) is 11.5 Å². The van der Waals surface area contributed by atoms with Crippen molar-refractivity contribution >= 4 is 11.6 Å². The van der Waals surface area contributed by atoms with Gasteiger partial charge in [0, 0.05) is 24.3 Å². The highest BCUT2D eigenvalue weighted by molar-refractivity contribution is 6.30. The maximum absolute atomic E-state index is 6.16. The average Bonchev–Trinajstić information content (AvgIpc) is 2.83. The van der Waals surface area contributed by atoms with Gasteiger partial charge in [0.15, 0.2) is 0 Å². The fourth-order valence-corrected chi connectivity index (χ4v) is 4.94. The second-order valence-electron chi connectivity index (χ2n) is 9.44. The SMILES string of the molecule is CN(CC1(C)CCN(CCOc2ccccc2)CC1)[C@H](c1ccc(Cl)cc1)c1ccccn1. The Labute approximate surface area is 203 Å². The molecule has 2 aromatic carbocycles. The van der Waals surface area contributed by atoms with Crippen LogP contribution in [0.1, 0.15) is 37.1 Å². The molecule has 0 radical (unpaired) electrons. The largest absolute Gasteiger partial charge is 0.492 e. The van der Waals surface area contributed by atoms with Gasteiger partial charge in [0.05, 0.1) is 11.7 Å². The van der Waals surface area contributed by atoms with Crippen LogP contribution in [0.5, 0.6) is 5.75 Å². The monoisotopic (exact) mass is 463 g/mol. The molecule has 4 nitrogen and oxygen atoms in total. The van der Waals surface area contributed by atoms with Gasteiger partial charge >= 0.3 is 0 Å². The van der Waals surface area contributed by atoms with Gasteiger partial charge in [-0.25, -0.2) is 0 Å². The molecule has 3 aromatic rings. The first kappa shape index (κ1) is 23.7. The topological polar surface area (TPSA) is 28.6 Å². The van der Waals surface area contributed by atoms with Gasteiger partial charge in [-0.3, -0.25) is 14.8 Å². The van der Waals surface area contributed by atoms with E-state index in [1.165, 1.54) is 18.4 Å². The van der Waals surface area contributed by atoms with Crippen molar-refractivity contribution < 1.29 is 4.74 Å². The van der Waals surface area contributed by atoms with E-state index in [0.717, 1.165) is 49.3 Å². The van der Waals surface area contributed by atoms with Crippen LogP contribution in [0, 0.1) is 5.41 Å². The van der Waals surface area contributed by atoms with Crippen molar-refractivity contribution in [2.24, 2.45) is 5.41 Å². The predicted molar refractivity (Wildman–Crippen MR) is 136 cm³/mol. The van der Waals surface area contributed by atoms with Crippen molar-refractivity contribution in [2.45, 2.75) is 25.8 Å². The fourth-order valence-electron chi connectivity index (χ4n) is 4.81. The van der Waals surface area contributed by atoms with Crippen molar-refractivity contribution in [3.05, 3.63) is 95.3 Å². The van der Waals surface area contributed by atoms with Crippen molar-refractivity contribution in [2.75, 3.05) is 39.8 Å². The van der Waals surface area contributed by atoms with E-state index in [1.807, 2.05) is 54.7 Å². The molecule has 4 rings (SSSR count). The van der Waals surface area contributed by atoms with Crippen molar-refractivity contribution in [3.63, 3.8) is 0 Å². The van der Waals surface area contributed by atoms with Crippen LogP contribution in [0.3, 0.4) is 0 Å². The summed E-state index contributed by atoms with van der Waals surface area (Å²) in [6, 6.07) is 24.5. The summed E-state index contributed by atoms with van der Waals surface area (Å²) in [6.45, 7) is 7.38. The molecule has 0 bridgehead atoms. The molecule has 0 aliphatic carbocycles. The van der Waals surface area contributed by atoms with Crippen molar-refractivity contribution in [3.8, 4) is 5.75 Å². The average molecular weight is 464 g/mol. The number of rotatable bonds is 9. The summed E-state index contributed by atoms with van der Waals surface area (Å²) < 4.78 is 5.90. The van der Waals surface area contributed by atoms with E-state index in [2.05, 4.69) is 53.0 Å². The van der Waals surface area contributed by atoms with Crippen molar-refractivity contribution in [1.29, 1.82) is 0 Å². The number of pyridine rings is 1. The van der Waals surface area contributed by atoms with Gasteiger partial charge < -0.3 is 4.74 Å². The van der Waals surface area contributed by atoms with Crippen LogP contribution in [0.25, 0.3) is 0 Å². The second-order valence-corrected chi connectivity index (χ2v) is 9.87. The van der Waals surface area contributed by atoms with Crippen molar-refractivity contribution in [1.82, 2.24) is 14.8 Å². The summed E-state index contributed by atoms with van der Waals surface area (Å²) in [7, 11) is 2.22. The molecule has 0 N–H and O–H groups in total. The molecule has 5 heteroatoms. The number of aromatic nitrogens is 1. The Morgan fingerprint density at radius 3 is 2.36 bits per heavy atom. The van der Waals surface area contributed by atoms with E-state index >= 15 is 0 Å². The molecule has 1 saturated heterocycles. The van der Waals surface area contributed by atoms with Crippen LogP contribution in [0.2, 0.25) is 5.02 Å². The first-order valence-corrected chi connectivity index (χ1v) is 12.2. The minimum Gasteiger partial charge on any atom is -0.492 e. The van der Waals surface area contributed by atoms with Crippen LogP contribution < -0.4 is 4.74 Å². The molecule has 174 valence electrons. The van der Waals surface area contributed by atoms with Gasteiger partial charge in [0.25, 0.3) is 0 Å². The maximum atomic E-state index is 6.16. The smallest absolute Gasteiger partial charge is 0.119 e.